The Balaban J connectivity index is 2.04. The Bertz CT molecular complexity index is 1080. The highest BCUT2D eigenvalue weighted by Gasteiger charge is 2.24. The first kappa shape index (κ1) is 16.4. The molecule has 1 aliphatic rings. The number of aromatic nitrogens is 2. The van der Waals surface area contributed by atoms with E-state index < -0.39 is 0 Å². The second-order valence-corrected chi connectivity index (χ2v) is 6.47. The topological polar surface area (TPSA) is 47.2 Å². The Morgan fingerprint density at radius 3 is 2.62 bits per heavy atom. The molecule has 0 saturated carbocycles. The van der Waals surface area contributed by atoms with Gasteiger partial charge in [0.25, 0.3) is 0 Å². The van der Waals surface area contributed by atoms with Gasteiger partial charge in [-0.15, -0.1) is 0 Å². The van der Waals surface area contributed by atoms with Gasteiger partial charge in [-0.25, -0.2) is 9.37 Å². The highest BCUT2D eigenvalue weighted by molar-refractivity contribution is 6.16. The normalized spacial score (nSPS) is 12.8. The second kappa shape index (κ2) is 6.02. The van der Waals surface area contributed by atoms with Crippen molar-refractivity contribution in [1.29, 1.82) is 0 Å². The summed E-state index contributed by atoms with van der Waals surface area (Å²) in [5.74, 6) is 0.435. The standard InChI is InChI=1S/C21H18FN3O/c1-12-13(2)25-19-9-8-15(14(3)26)10-17(19)21(23-11-20(25)24-12)16-6-4-5-7-18(16)22/h4-10H,11H2,1-3H3. The molecule has 1 aromatic heterocycles. The number of rotatable bonds is 2. The molecule has 0 radical (unpaired) electrons. The number of aryl methyl sites for hydroxylation is 1. The zero-order valence-corrected chi connectivity index (χ0v) is 14.9. The Morgan fingerprint density at radius 1 is 1.12 bits per heavy atom. The SMILES string of the molecule is CC(=O)c1ccc2c(c1)C(c1ccccc1F)=NCc1nc(C)c(C)n1-2. The van der Waals surface area contributed by atoms with Crippen molar-refractivity contribution in [3.05, 3.63) is 82.2 Å². The number of nitrogens with zero attached hydrogens (tertiary/aromatic N) is 3. The fraction of sp³-hybridized carbons (Fsp3) is 0.190. The van der Waals surface area contributed by atoms with Crippen LogP contribution in [0.2, 0.25) is 0 Å². The lowest BCUT2D eigenvalue weighted by molar-refractivity contribution is 0.101. The van der Waals surface area contributed by atoms with E-state index in [-0.39, 0.29) is 11.6 Å². The van der Waals surface area contributed by atoms with Gasteiger partial charge in [0, 0.05) is 22.4 Å². The molecule has 4 nitrogen and oxygen atoms in total. The lowest BCUT2D eigenvalue weighted by Gasteiger charge is -2.15. The molecule has 0 N–H and O–H groups in total. The van der Waals surface area contributed by atoms with Crippen LogP contribution in [0.25, 0.3) is 5.69 Å². The summed E-state index contributed by atoms with van der Waals surface area (Å²) in [6, 6.07) is 12.1. The summed E-state index contributed by atoms with van der Waals surface area (Å²) < 4.78 is 16.5. The molecule has 26 heavy (non-hydrogen) atoms. The van der Waals surface area contributed by atoms with Crippen molar-refractivity contribution in [2.45, 2.75) is 27.3 Å². The fourth-order valence-corrected chi connectivity index (χ4v) is 3.36. The first-order valence-electron chi connectivity index (χ1n) is 8.47. The van der Waals surface area contributed by atoms with E-state index in [0.29, 0.717) is 23.4 Å². The van der Waals surface area contributed by atoms with Crippen LogP contribution in [-0.4, -0.2) is 21.0 Å². The molecular weight excluding hydrogens is 329 g/mol. The zero-order valence-electron chi connectivity index (χ0n) is 14.9. The van der Waals surface area contributed by atoms with E-state index in [1.54, 1.807) is 30.3 Å². The summed E-state index contributed by atoms with van der Waals surface area (Å²) in [5, 5.41) is 0. The molecule has 0 saturated heterocycles. The predicted octanol–water partition coefficient (Wildman–Crippen LogP) is 4.18. The molecular formula is C21H18FN3O. The quantitative estimate of drug-likeness (QED) is 0.653. The molecule has 4 rings (SSSR count). The molecule has 0 aliphatic carbocycles. The van der Waals surface area contributed by atoms with Gasteiger partial charge < -0.3 is 0 Å². The fourth-order valence-electron chi connectivity index (χ4n) is 3.36. The van der Waals surface area contributed by atoms with Gasteiger partial charge in [0.15, 0.2) is 5.78 Å². The van der Waals surface area contributed by atoms with Gasteiger partial charge in [-0.05, 0) is 51.1 Å². The van der Waals surface area contributed by atoms with E-state index in [9.17, 15) is 9.18 Å². The molecule has 5 heteroatoms. The minimum atomic E-state index is -0.335. The molecule has 0 amide bonds. The van der Waals surface area contributed by atoms with E-state index >= 15 is 0 Å². The van der Waals surface area contributed by atoms with Gasteiger partial charge in [-0.1, -0.05) is 12.1 Å². The molecule has 0 unspecified atom stereocenters. The summed E-state index contributed by atoms with van der Waals surface area (Å²) in [4.78, 5) is 21.2. The third-order valence-corrected chi connectivity index (χ3v) is 4.82. The summed E-state index contributed by atoms with van der Waals surface area (Å²) >= 11 is 0. The Kier molecular flexibility index (Phi) is 3.80. The van der Waals surface area contributed by atoms with Crippen molar-refractivity contribution in [2.24, 2.45) is 4.99 Å². The number of benzene rings is 2. The number of carbonyl (C=O) groups is 1. The first-order valence-corrected chi connectivity index (χ1v) is 8.47. The lowest BCUT2D eigenvalue weighted by atomic mass is 9.97. The molecule has 3 aromatic rings. The average molecular weight is 347 g/mol. The lowest BCUT2D eigenvalue weighted by Crippen LogP contribution is -2.11. The van der Waals surface area contributed by atoms with E-state index in [0.717, 1.165) is 28.5 Å². The smallest absolute Gasteiger partial charge is 0.159 e. The Labute approximate surface area is 151 Å². The van der Waals surface area contributed by atoms with Crippen molar-refractivity contribution in [1.82, 2.24) is 9.55 Å². The number of aliphatic imine (C=N–C) groups is 1. The maximum absolute atomic E-state index is 14.5. The molecule has 0 bridgehead atoms. The van der Waals surface area contributed by atoms with Gasteiger partial charge >= 0.3 is 0 Å². The van der Waals surface area contributed by atoms with Crippen molar-refractivity contribution in [2.75, 3.05) is 0 Å². The van der Waals surface area contributed by atoms with Crippen molar-refractivity contribution < 1.29 is 9.18 Å². The minimum absolute atomic E-state index is 0.0383. The maximum atomic E-state index is 14.5. The zero-order chi connectivity index (χ0) is 18.4. The maximum Gasteiger partial charge on any atom is 0.159 e. The van der Waals surface area contributed by atoms with Gasteiger partial charge in [-0.3, -0.25) is 14.4 Å². The molecule has 2 aromatic carbocycles. The Hall–Kier alpha value is -3.08. The number of fused-ring (bicyclic) bond motifs is 3. The number of hydrogen-bond acceptors (Lipinski definition) is 3. The van der Waals surface area contributed by atoms with Crippen LogP contribution in [0.1, 0.15) is 45.6 Å². The number of hydrogen-bond donors (Lipinski definition) is 0. The van der Waals surface area contributed by atoms with Gasteiger partial charge in [0.05, 0.1) is 23.6 Å². The van der Waals surface area contributed by atoms with E-state index in [4.69, 9.17) is 0 Å². The minimum Gasteiger partial charge on any atom is -0.298 e. The van der Waals surface area contributed by atoms with Crippen molar-refractivity contribution in [3.63, 3.8) is 0 Å². The average Bonchev–Trinajstić information content (AvgIpc) is 2.81. The van der Waals surface area contributed by atoms with Crippen LogP contribution >= 0.6 is 0 Å². The number of ketones is 1. The molecule has 0 atom stereocenters. The van der Waals surface area contributed by atoms with Crippen LogP contribution in [0.4, 0.5) is 4.39 Å². The van der Waals surface area contributed by atoms with E-state index in [1.807, 2.05) is 24.5 Å². The summed E-state index contributed by atoms with van der Waals surface area (Å²) in [7, 11) is 0. The Morgan fingerprint density at radius 2 is 1.88 bits per heavy atom. The molecule has 0 spiro atoms. The summed E-state index contributed by atoms with van der Waals surface area (Å²) in [6.07, 6.45) is 0. The largest absolute Gasteiger partial charge is 0.298 e. The second-order valence-electron chi connectivity index (χ2n) is 6.47. The van der Waals surface area contributed by atoms with Crippen LogP contribution < -0.4 is 0 Å². The van der Waals surface area contributed by atoms with Crippen molar-refractivity contribution in [3.8, 4) is 5.69 Å². The summed E-state index contributed by atoms with van der Waals surface area (Å²) in [5.41, 5.74) is 5.10. The highest BCUT2D eigenvalue weighted by atomic mass is 19.1. The predicted molar refractivity (Wildman–Crippen MR) is 98.8 cm³/mol. The molecule has 0 fully saturated rings. The monoisotopic (exact) mass is 347 g/mol. The van der Waals surface area contributed by atoms with Crippen molar-refractivity contribution >= 4 is 11.5 Å². The number of imidazole rings is 1. The number of Topliss-reactive ketones (excluding diaryl/α,β-unsaturated/α-hetero) is 1. The molecule has 130 valence electrons. The van der Waals surface area contributed by atoms with E-state index in [2.05, 4.69) is 9.98 Å². The van der Waals surface area contributed by atoms with Gasteiger partial charge in [-0.2, -0.15) is 0 Å². The molecule has 2 heterocycles. The number of carbonyl (C=O) groups excluding carboxylic acids is 1. The third-order valence-electron chi connectivity index (χ3n) is 4.82. The van der Waals surface area contributed by atoms with Crippen LogP contribution in [0.15, 0.2) is 47.5 Å². The summed E-state index contributed by atoms with van der Waals surface area (Å²) in [6.45, 7) is 5.84. The number of halogens is 1. The third kappa shape index (κ3) is 2.47. The van der Waals surface area contributed by atoms with Crippen LogP contribution in [0.3, 0.4) is 0 Å². The molecule has 1 aliphatic heterocycles. The van der Waals surface area contributed by atoms with Gasteiger partial charge in [0.2, 0.25) is 0 Å². The van der Waals surface area contributed by atoms with Crippen LogP contribution in [-0.2, 0) is 6.54 Å². The van der Waals surface area contributed by atoms with E-state index in [1.165, 1.54) is 13.0 Å². The van der Waals surface area contributed by atoms with Gasteiger partial charge in [0.1, 0.15) is 11.6 Å². The van der Waals surface area contributed by atoms with Crippen LogP contribution in [0.5, 0.6) is 0 Å². The first-order chi connectivity index (χ1) is 12.5. The highest BCUT2D eigenvalue weighted by Crippen LogP contribution is 2.29. The van der Waals surface area contributed by atoms with Crippen LogP contribution in [0, 0.1) is 19.7 Å².